The molecule has 2 aliphatic rings. The first-order valence-electron chi connectivity index (χ1n) is 9.37. The van der Waals surface area contributed by atoms with E-state index in [0.717, 1.165) is 37.2 Å². The highest BCUT2D eigenvalue weighted by molar-refractivity contribution is 7.16. The summed E-state index contributed by atoms with van der Waals surface area (Å²) in [5.41, 5.74) is 6.76. The van der Waals surface area contributed by atoms with Crippen LogP contribution in [0.4, 0.5) is 0 Å². The fourth-order valence-electron chi connectivity index (χ4n) is 3.92. The lowest BCUT2D eigenvalue weighted by atomic mass is 10.0. The molecule has 0 saturated heterocycles. The standard InChI is InChI=1S/C21H22N4OS/c1-14(16-4-5-20-17(10-16)23-13-27-20)25-8-6-19-18(12-25)24-21(26-19)9-15-3-2-7-22-11-15/h2-5,7,10-11,13-14,21,24H,6,8-9,12H2,1H3. The summed E-state index contributed by atoms with van der Waals surface area (Å²) in [4.78, 5) is 11.2. The van der Waals surface area contributed by atoms with E-state index in [-0.39, 0.29) is 6.23 Å². The number of hydrogen-bond donors (Lipinski definition) is 1. The minimum atomic E-state index is 0.0146. The summed E-state index contributed by atoms with van der Waals surface area (Å²) in [7, 11) is 0. The van der Waals surface area contributed by atoms with Gasteiger partial charge in [-0.15, -0.1) is 11.3 Å². The summed E-state index contributed by atoms with van der Waals surface area (Å²) in [6.45, 7) is 4.19. The molecular formula is C21H22N4OS. The summed E-state index contributed by atoms with van der Waals surface area (Å²) >= 11 is 1.69. The van der Waals surface area contributed by atoms with Crippen molar-refractivity contribution in [2.24, 2.45) is 0 Å². The first kappa shape index (κ1) is 16.7. The van der Waals surface area contributed by atoms with Gasteiger partial charge in [0.2, 0.25) is 0 Å². The van der Waals surface area contributed by atoms with E-state index in [1.165, 1.54) is 21.5 Å². The first-order chi connectivity index (χ1) is 13.3. The fourth-order valence-corrected chi connectivity index (χ4v) is 4.58. The third-order valence-electron chi connectivity index (χ3n) is 5.47. The van der Waals surface area contributed by atoms with Gasteiger partial charge in [-0.25, -0.2) is 4.98 Å². The van der Waals surface area contributed by atoms with Crippen LogP contribution < -0.4 is 5.32 Å². The van der Waals surface area contributed by atoms with Crippen LogP contribution in [0.3, 0.4) is 0 Å². The molecule has 0 fully saturated rings. The predicted octanol–water partition coefficient (Wildman–Crippen LogP) is 3.86. The van der Waals surface area contributed by atoms with Gasteiger partial charge in [0.15, 0.2) is 6.23 Å². The van der Waals surface area contributed by atoms with Gasteiger partial charge < -0.3 is 10.1 Å². The van der Waals surface area contributed by atoms with Crippen LogP contribution in [0.2, 0.25) is 0 Å². The molecule has 2 aromatic heterocycles. The van der Waals surface area contributed by atoms with Crippen molar-refractivity contribution in [3.63, 3.8) is 0 Å². The Morgan fingerprint density at radius 2 is 2.33 bits per heavy atom. The minimum absolute atomic E-state index is 0.0146. The molecule has 0 saturated carbocycles. The molecule has 4 heterocycles. The highest BCUT2D eigenvalue weighted by Gasteiger charge is 2.31. The fraction of sp³-hybridized carbons (Fsp3) is 0.333. The molecular weight excluding hydrogens is 356 g/mol. The van der Waals surface area contributed by atoms with Crippen LogP contribution >= 0.6 is 11.3 Å². The lowest BCUT2D eigenvalue weighted by Gasteiger charge is -2.32. The Hall–Kier alpha value is -2.44. The number of nitrogens with zero attached hydrogens (tertiary/aromatic N) is 3. The lowest BCUT2D eigenvalue weighted by Crippen LogP contribution is -2.36. The molecule has 0 bridgehead atoms. The lowest BCUT2D eigenvalue weighted by molar-refractivity contribution is 0.116. The normalized spacial score (nSPS) is 21.0. The summed E-state index contributed by atoms with van der Waals surface area (Å²) < 4.78 is 7.40. The van der Waals surface area contributed by atoms with Crippen LogP contribution in [0.25, 0.3) is 10.2 Å². The highest BCUT2D eigenvalue weighted by Crippen LogP contribution is 2.32. The molecule has 1 aromatic carbocycles. The maximum absolute atomic E-state index is 6.16. The third kappa shape index (κ3) is 3.31. The average molecular weight is 379 g/mol. The van der Waals surface area contributed by atoms with Crippen molar-refractivity contribution in [3.05, 3.63) is 70.8 Å². The van der Waals surface area contributed by atoms with Crippen molar-refractivity contribution in [2.45, 2.75) is 32.0 Å². The number of pyridine rings is 1. The minimum Gasteiger partial charge on any atom is -0.473 e. The average Bonchev–Trinajstić information content (AvgIpc) is 3.33. The van der Waals surface area contributed by atoms with Crippen LogP contribution in [0, 0.1) is 0 Å². The molecule has 27 heavy (non-hydrogen) atoms. The van der Waals surface area contributed by atoms with Crippen LogP contribution in [0.15, 0.2) is 59.7 Å². The molecule has 0 aliphatic carbocycles. The first-order valence-corrected chi connectivity index (χ1v) is 10.3. The van der Waals surface area contributed by atoms with E-state index in [2.05, 4.69) is 51.4 Å². The van der Waals surface area contributed by atoms with E-state index in [4.69, 9.17) is 4.74 Å². The van der Waals surface area contributed by atoms with Gasteiger partial charge in [0.25, 0.3) is 0 Å². The zero-order valence-electron chi connectivity index (χ0n) is 15.3. The number of fused-ring (bicyclic) bond motifs is 1. The SMILES string of the molecule is CC(c1ccc2scnc2c1)N1CCC2=C(C1)NC(Cc1cccnc1)O2. The van der Waals surface area contributed by atoms with E-state index < -0.39 is 0 Å². The maximum Gasteiger partial charge on any atom is 0.173 e. The second-order valence-electron chi connectivity index (χ2n) is 7.19. The van der Waals surface area contributed by atoms with E-state index in [1.807, 2.05) is 17.8 Å². The Morgan fingerprint density at radius 3 is 3.22 bits per heavy atom. The van der Waals surface area contributed by atoms with Crippen molar-refractivity contribution in [2.75, 3.05) is 13.1 Å². The van der Waals surface area contributed by atoms with Gasteiger partial charge in [0.1, 0.15) is 5.76 Å². The molecule has 138 valence electrons. The number of aromatic nitrogens is 2. The number of benzene rings is 1. The highest BCUT2D eigenvalue weighted by atomic mass is 32.1. The summed E-state index contributed by atoms with van der Waals surface area (Å²) in [6.07, 6.45) is 5.51. The predicted molar refractivity (Wildman–Crippen MR) is 107 cm³/mol. The van der Waals surface area contributed by atoms with Crippen LogP contribution in [-0.4, -0.2) is 34.2 Å². The molecule has 2 atom stereocenters. The van der Waals surface area contributed by atoms with Gasteiger partial charge in [-0.2, -0.15) is 0 Å². The second kappa shape index (κ2) is 6.94. The summed E-state index contributed by atoms with van der Waals surface area (Å²) in [5, 5.41) is 3.58. The van der Waals surface area contributed by atoms with Crippen molar-refractivity contribution < 1.29 is 4.74 Å². The van der Waals surface area contributed by atoms with Gasteiger partial charge in [0, 0.05) is 44.4 Å². The van der Waals surface area contributed by atoms with E-state index in [1.54, 1.807) is 17.5 Å². The third-order valence-corrected chi connectivity index (χ3v) is 6.28. The van der Waals surface area contributed by atoms with Gasteiger partial charge in [0.05, 0.1) is 21.4 Å². The zero-order valence-corrected chi connectivity index (χ0v) is 16.1. The monoisotopic (exact) mass is 378 g/mol. The van der Waals surface area contributed by atoms with Crippen molar-refractivity contribution >= 4 is 21.6 Å². The maximum atomic E-state index is 6.16. The smallest absolute Gasteiger partial charge is 0.173 e. The topological polar surface area (TPSA) is 50.3 Å². The molecule has 1 N–H and O–H groups in total. The molecule has 2 aliphatic heterocycles. The molecule has 6 heteroatoms. The zero-order chi connectivity index (χ0) is 18.2. The summed E-state index contributed by atoms with van der Waals surface area (Å²) in [6, 6.07) is 11.1. The molecule has 5 rings (SSSR count). The number of nitrogens with one attached hydrogen (secondary N) is 1. The number of ether oxygens (including phenoxy) is 1. The van der Waals surface area contributed by atoms with Crippen molar-refractivity contribution in [1.29, 1.82) is 0 Å². The quantitative estimate of drug-likeness (QED) is 0.747. The van der Waals surface area contributed by atoms with Gasteiger partial charge >= 0.3 is 0 Å². The molecule has 0 radical (unpaired) electrons. The molecule has 3 aromatic rings. The Kier molecular flexibility index (Phi) is 4.30. The van der Waals surface area contributed by atoms with Crippen LogP contribution in [0.5, 0.6) is 0 Å². The number of thiazole rings is 1. The van der Waals surface area contributed by atoms with E-state index in [0.29, 0.717) is 6.04 Å². The van der Waals surface area contributed by atoms with Gasteiger partial charge in [-0.3, -0.25) is 9.88 Å². The largest absolute Gasteiger partial charge is 0.473 e. The van der Waals surface area contributed by atoms with Crippen molar-refractivity contribution in [1.82, 2.24) is 20.2 Å². The van der Waals surface area contributed by atoms with Crippen LogP contribution in [-0.2, 0) is 11.2 Å². The summed E-state index contributed by atoms with van der Waals surface area (Å²) in [5.74, 6) is 1.13. The van der Waals surface area contributed by atoms with E-state index >= 15 is 0 Å². The number of hydrogen-bond acceptors (Lipinski definition) is 6. The second-order valence-corrected chi connectivity index (χ2v) is 8.08. The molecule has 2 unspecified atom stereocenters. The molecule has 0 spiro atoms. The Balaban J connectivity index is 1.26. The Bertz CT molecular complexity index is 984. The Morgan fingerprint density at radius 1 is 1.37 bits per heavy atom. The van der Waals surface area contributed by atoms with Gasteiger partial charge in [-0.1, -0.05) is 12.1 Å². The van der Waals surface area contributed by atoms with Crippen LogP contribution in [0.1, 0.15) is 30.5 Å². The molecule has 0 amide bonds. The van der Waals surface area contributed by atoms with Crippen molar-refractivity contribution in [3.8, 4) is 0 Å². The van der Waals surface area contributed by atoms with Gasteiger partial charge in [-0.05, 0) is 36.2 Å². The molecule has 5 nitrogen and oxygen atoms in total. The number of rotatable bonds is 4. The Labute approximate surface area is 162 Å². The van der Waals surface area contributed by atoms with E-state index in [9.17, 15) is 0 Å².